The van der Waals surface area contributed by atoms with Crippen LogP contribution in [0.3, 0.4) is 0 Å². The first-order chi connectivity index (χ1) is 3.71. The van der Waals surface area contributed by atoms with Gasteiger partial charge in [0.2, 0.25) is 0 Å². The van der Waals surface area contributed by atoms with Crippen molar-refractivity contribution in [1.29, 1.82) is 0 Å². The topological polar surface area (TPSA) is 126 Å². The molecule has 7 nitrogen and oxygen atoms in total. The molecule has 11 heteroatoms. The van der Waals surface area contributed by atoms with Crippen molar-refractivity contribution in [1.82, 2.24) is 4.13 Å². The molecule has 0 heterocycles. The third-order valence-corrected chi connectivity index (χ3v) is 1.84. The van der Waals surface area contributed by atoms with E-state index >= 15 is 0 Å². The van der Waals surface area contributed by atoms with E-state index in [1.807, 2.05) is 0 Å². The molecule has 0 aromatic heterocycles. The molecule has 56 valence electrons. The summed E-state index contributed by atoms with van der Waals surface area (Å²) in [5.74, 6) is 0. The van der Waals surface area contributed by atoms with Crippen LogP contribution in [0.15, 0.2) is 0 Å². The normalized spacial score (nSPS) is 11.1. The molecule has 0 radical (unpaired) electrons. The minimum absolute atomic E-state index is 0. The molecule has 0 bridgehead atoms. The first-order valence-electron chi connectivity index (χ1n) is 1.41. The maximum Gasteiger partial charge on any atom is 1.00 e. The van der Waals surface area contributed by atoms with E-state index in [9.17, 15) is 25.9 Å². The fraction of sp³-hybridized carbons (Fsp3) is 0. The third kappa shape index (κ3) is 19.5. The zero-order valence-corrected chi connectivity index (χ0v) is 13.6. The first-order valence-corrected chi connectivity index (χ1v) is 4.22. The summed E-state index contributed by atoms with van der Waals surface area (Å²) < 4.78 is 56.7. The standard InChI is InChI=1S/2K.H3NO6S2/c;;2-8(3,4)1-9(5,6)7/h;;1H,(H,2,3,4)(H,5,6,7)/q2*+1;/p-2. The van der Waals surface area contributed by atoms with E-state index in [-0.39, 0.29) is 103 Å². The van der Waals surface area contributed by atoms with Crippen LogP contribution in [0.25, 0.3) is 0 Å². The van der Waals surface area contributed by atoms with Crippen LogP contribution in [-0.2, 0) is 20.6 Å². The van der Waals surface area contributed by atoms with E-state index < -0.39 is 20.6 Å². The zero-order valence-electron chi connectivity index (χ0n) is 5.77. The zero-order chi connectivity index (χ0) is 7.71. The number of nitrogens with one attached hydrogen (secondary N) is 1. The van der Waals surface area contributed by atoms with E-state index in [2.05, 4.69) is 0 Å². The van der Waals surface area contributed by atoms with Gasteiger partial charge in [0.1, 0.15) is 0 Å². The largest absolute Gasteiger partial charge is 1.00 e. The summed E-state index contributed by atoms with van der Waals surface area (Å²) in [5.41, 5.74) is 0. The molecule has 0 rings (SSSR count). The molecule has 0 fully saturated rings. The second-order valence-corrected chi connectivity index (χ2v) is 3.47. The average molecular weight is 253 g/mol. The van der Waals surface area contributed by atoms with Gasteiger partial charge in [-0.05, 0) is 0 Å². The van der Waals surface area contributed by atoms with Crippen LogP contribution in [-0.4, -0.2) is 25.9 Å². The van der Waals surface area contributed by atoms with Gasteiger partial charge < -0.3 is 9.11 Å². The number of rotatable bonds is 2. The summed E-state index contributed by atoms with van der Waals surface area (Å²) in [7, 11) is -10.4. The predicted octanol–water partition coefficient (Wildman–Crippen LogP) is -8.50. The Morgan fingerprint density at radius 2 is 1.00 bits per heavy atom. The molecule has 0 spiro atoms. The van der Waals surface area contributed by atoms with E-state index in [0.717, 1.165) is 0 Å². The van der Waals surface area contributed by atoms with Gasteiger partial charge in [-0.25, -0.2) is 16.8 Å². The van der Waals surface area contributed by atoms with Crippen molar-refractivity contribution < 1.29 is 129 Å². The van der Waals surface area contributed by atoms with Gasteiger partial charge in [0.25, 0.3) is 0 Å². The van der Waals surface area contributed by atoms with E-state index in [1.165, 1.54) is 0 Å². The first kappa shape index (κ1) is 19.6. The van der Waals surface area contributed by atoms with Gasteiger partial charge in [-0.1, -0.05) is 0 Å². The Kier molecular flexibility index (Phi) is 13.1. The van der Waals surface area contributed by atoms with Crippen molar-refractivity contribution in [2.24, 2.45) is 0 Å². The molecule has 0 amide bonds. The minimum Gasteiger partial charge on any atom is -0.735 e. The molecule has 0 unspecified atom stereocenters. The molecule has 0 aliphatic heterocycles. The Bertz CT molecular complexity index is 244. The van der Waals surface area contributed by atoms with Crippen molar-refractivity contribution in [2.75, 3.05) is 0 Å². The Hall–Kier alpha value is 3.05. The fourth-order valence-corrected chi connectivity index (χ4v) is 1.12. The molecule has 0 atom stereocenters. The van der Waals surface area contributed by atoms with Gasteiger partial charge >= 0.3 is 103 Å². The van der Waals surface area contributed by atoms with Gasteiger partial charge in [0, 0.05) is 0 Å². The van der Waals surface area contributed by atoms with Crippen LogP contribution in [0.4, 0.5) is 0 Å². The average Bonchev–Trinajstić information content (AvgIpc) is 1.14. The van der Waals surface area contributed by atoms with Crippen molar-refractivity contribution in [3.05, 3.63) is 0 Å². The van der Waals surface area contributed by atoms with Crippen molar-refractivity contribution >= 4 is 20.6 Å². The van der Waals surface area contributed by atoms with Crippen LogP contribution >= 0.6 is 0 Å². The molecule has 0 aromatic carbocycles. The summed E-state index contributed by atoms with van der Waals surface area (Å²) in [5, 5.41) is 0. The molecule has 1 N–H and O–H groups in total. The third-order valence-electron chi connectivity index (χ3n) is 0.204. The Labute approximate surface area is 149 Å². The molecular formula is HK2NO6S2. The number of hydrogen-bond donors (Lipinski definition) is 1. The minimum atomic E-state index is -5.18. The van der Waals surface area contributed by atoms with Crippen LogP contribution in [0.1, 0.15) is 0 Å². The second kappa shape index (κ2) is 7.36. The predicted molar refractivity (Wildman–Crippen MR) is 22.5 cm³/mol. The van der Waals surface area contributed by atoms with E-state index in [1.54, 1.807) is 0 Å². The molecule has 0 saturated carbocycles. The van der Waals surface area contributed by atoms with E-state index in [0.29, 0.717) is 4.13 Å². The molecule has 0 saturated heterocycles. The van der Waals surface area contributed by atoms with Crippen molar-refractivity contribution in [3.8, 4) is 0 Å². The molecule has 0 aliphatic carbocycles. The van der Waals surface area contributed by atoms with Gasteiger partial charge in [-0.15, -0.1) is 4.13 Å². The van der Waals surface area contributed by atoms with Crippen molar-refractivity contribution in [3.63, 3.8) is 0 Å². The SMILES string of the molecule is O=S(=O)([O-])NS(=O)(=O)[O-].[K+].[K+]. The maximum absolute atomic E-state index is 9.40. The van der Waals surface area contributed by atoms with Gasteiger partial charge in [-0.3, -0.25) is 0 Å². The van der Waals surface area contributed by atoms with Crippen molar-refractivity contribution in [2.45, 2.75) is 0 Å². The molecular weight excluding hydrogens is 252 g/mol. The Balaban J connectivity index is -0.000000320. The van der Waals surface area contributed by atoms with Crippen LogP contribution in [0.2, 0.25) is 0 Å². The summed E-state index contributed by atoms with van der Waals surface area (Å²) in [4.78, 5) is 0. The Morgan fingerprint density at radius 3 is 1.00 bits per heavy atom. The van der Waals surface area contributed by atoms with Crippen LogP contribution in [0.5, 0.6) is 0 Å². The maximum atomic E-state index is 9.40. The fourth-order valence-electron chi connectivity index (χ4n) is 0.125. The summed E-state index contributed by atoms with van der Waals surface area (Å²) in [6.07, 6.45) is 0. The van der Waals surface area contributed by atoms with Gasteiger partial charge in [0.15, 0.2) is 20.6 Å². The number of hydrogen-bond acceptors (Lipinski definition) is 6. The Morgan fingerprint density at radius 1 is 0.818 bits per heavy atom. The van der Waals surface area contributed by atoms with Crippen LogP contribution < -0.4 is 107 Å². The smallest absolute Gasteiger partial charge is 0.735 e. The second-order valence-electron chi connectivity index (χ2n) is 0.992. The molecule has 0 aliphatic rings. The van der Waals surface area contributed by atoms with Crippen LogP contribution in [0, 0.1) is 0 Å². The molecule has 11 heavy (non-hydrogen) atoms. The monoisotopic (exact) mass is 253 g/mol. The quantitative estimate of drug-likeness (QED) is 0.384. The summed E-state index contributed by atoms with van der Waals surface area (Å²) in [6, 6.07) is 0. The van der Waals surface area contributed by atoms with Gasteiger partial charge in [0.05, 0.1) is 0 Å². The van der Waals surface area contributed by atoms with E-state index in [4.69, 9.17) is 0 Å². The molecule has 0 aromatic rings. The summed E-state index contributed by atoms with van der Waals surface area (Å²) in [6.45, 7) is 0. The summed E-state index contributed by atoms with van der Waals surface area (Å²) >= 11 is 0. The van der Waals surface area contributed by atoms with Gasteiger partial charge in [-0.2, -0.15) is 0 Å².